The van der Waals surface area contributed by atoms with Gasteiger partial charge in [0.15, 0.2) is 11.5 Å². The fourth-order valence-corrected chi connectivity index (χ4v) is 2.25. The lowest BCUT2D eigenvalue weighted by Crippen LogP contribution is -1.99. The molecule has 0 aliphatic rings. The number of benzene rings is 2. The molecule has 0 saturated carbocycles. The molecule has 1 N–H and O–H groups in total. The number of rotatable bonds is 6. The summed E-state index contributed by atoms with van der Waals surface area (Å²) in [5, 5.41) is 12.5. The molecule has 4 nitrogen and oxygen atoms in total. The number of nitriles is 1. The zero-order chi connectivity index (χ0) is 16.7. The van der Waals surface area contributed by atoms with Gasteiger partial charge in [0.1, 0.15) is 0 Å². The van der Waals surface area contributed by atoms with Crippen LogP contribution < -0.4 is 14.8 Å². The summed E-state index contributed by atoms with van der Waals surface area (Å²) in [6, 6.07) is 15.8. The fourth-order valence-electron chi connectivity index (χ4n) is 2.25. The van der Waals surface area contributed by atoms with E-state index in [9.17, 15) is 5.26 Å². The third-order valence-electron chi connectivity index (χ3n) is 3.55. The first-order chi connectivity index (χ1) is 11.2. The lowest BCUT2D eigenvalue weighted by molar-refractivity contribution is 0.354. The van der Waals surface area contributed by atoms with Gasteiger partial charge in [-0.3, -0.25) is 0 Å². The minimum Gasteiger partial charge on any atom is -0.493 e. The van der Waals surface area contributed by atoms with E-state index in [1.165, 1.54) is 0 Å². The van der Waals surface area contributed by atoms with E-state index in [-0.39, 0.29) is 0 Å². The average molecular weight is 308 g/mol. The highest BCUT2D eigenvalue weighted by atomic mass is 16.5. The molecule has 118 valence electrons. The first kappa shape index (κ1) is 16.4. The Hall–Kier alpha value is -2.93. The minimum atomic E-state index is 0.530. The highest BCUT2D eigenvalue weighted by molar-refractivity contribution is 5.50. The Bertz CT molecular complexity index is 731. The first-order valence-electron chi connectivity index (χ1n) is 7.30. The van der Waals surface area contributed by atoms with Crippen molar-refractivity contribution < 1.29 is 9.47 Å². The molecular formula is C19H20N2O2. The molecule has 0 bridgehead atoms. The number of para-hydroxylation sites is 1. The molecular weight excluding hydrogens is 288 g/mol. The second kappa shape index (κ2) is 7.90. The number of aryl methyl sites for hydroxylation is 1. The van der Waals surface area contributed by atoms with Crippen molar-refractivity contribution in [2.24, 2.45) is 0 Å². The standard InChI is InChI=1S/C19H20N2O2/c1-14-9-18(22-2)19(23-3)11-16(14)10-15(12-20)13-21-17-7-5-4-6-8-17/h4-9,11,13,21H,10H2,1-3H3. The van der Waals surface area contributed by atoms with E-state index >= 15 is 0 Å². The highest BCUT2D eigenvalue weighted by Crippen LogP contribution is 2.31. The highest BCUT2D eigenvalue weighted by Gasteiger charge is 2.10. The number of hydrogen-bond acceptors (Lipinski definition) is 4. The van der Waals surface area contributed by atoms with Gasteiger partial charge >= 0.3 is 0 Å². The molecule has 2 aromatic rings. The number of nitrogens with zero attached hydrogens (tertiary/aromatic N) is 1. The third-order valence-corrected chi connectivity index (χ3v) is 3.55. The monoisotopic (exact) mass is 308 g/mol. The van der Waals surface area contributed by atoms with E-state index in [1.807, 2.05) is 49.4 Å². The van der Waals surface area contributed by atoms with E-state index in [0.29, 0.717) is 23.5 Å². The average Bonchev–Trinajstić information content (AvgIpc) is 2.60. The van der Waals surface area contributed by atoms with Crippen LogP contribution in [-0.2, 0) is 6.42 Å². The van der Waals surface area contributed by atoms with Crippen LogP contribution in [0.1, 0.15) is 11.1 Å². The maximum Gasteiger partial charge on any atom is 0.161 e. The Morgan fingerprint density at radius 2 is 1.78 bits per heavy atom. The summed E-state index contributed by atoms with van der Waals surface area (Å²) in [5.74, 6) is 1.36. The smallest absolute Gasteiger partial charge is 0.161 e. The normalized spacial score (nSPS) is 10.8. The number of ether oxygens (including phenoxy) is 2. The van der Waals surface area contributed by atoms with Crippen LogP contribution in [0, 0.1) is 18.3 Å². The lowest BCUT2D eigenvalue weighted by Gasteiger charge is -2.12. The van der Waals surface area contributed by atoms with Gasteiger partial charge in [-0.15, -0.1) is 0 Å². The number of nitrogens with one attached hydrogen (secondary N) is 1. The molecule has 0 heterocycles. The number of hydrogen-bond donors (Lipinski definition) is 1. The van der Waals surface area contributed by atoms with E-state index in [2.05, 4.69) is 11.4 Å². The third kappa shape index (κ3) is 4.27. The predicted octanol–water partition coefficient (Wildman–Crippen LogP) is 4.07. The van der Waals surface area contributed by atoms with Crippen molar-refractivity contribution >= 4 is 5.69 Å². The lowest BCUT2D eigenvalue weighted by atomic mass is 10.0. The predicted molar refractivity (Wildman–Crippen MR) is 91.7 cm³/mol. The zero-order valence-corrected chi connectivity index (χ0v) is 13.6. The molecule has 0 atom stereocenters. The summed E-state index contributed by atoms with van der Waals surface area (Å²) < 4.78 is 10.6. The van der Waals surface area contributed by atoms with Crippen LogP contribution in [0.15, 0.2) is 54.2 Å². The van der Waals surface area contributed by atoms with Crippen molar-refractivity contribution in [3.8, 4) is 17.6 Å². The molecule has 0 unspecified atom stereocenters. The van der Waals surface area contributed by atoms with E-state index in [0.717, 1.165) is 16.8 Å². The maximum absolute atomic E-state index is 9.37. The summed E-state index contributed by atoms with van der Waals surface area (Å²) in [6.45, 7) is 2.00. The van der Waals surface area contributed by atoms with Gasteiger partial charge in [0.2, 0.25) is 0 Å². The van der Waals surface area contributed by atoms with Crippen LogP contribution in [0.2, 0.25) is 0 Å². The second-order valence-corrected chi connectivity index (χ2v) is 5.10. The molecule has 0 aliphatic heterocycles. The molecule has 2 rings (SSSR count). The topological polar surface area (TPSA) is 54.3 Å². The van der Waals surface area contributed by atoms with Crippen LogP contribution >= 0.6 is 0 Å². The van der Waals surface area contributed by atoms with Gasteiger partial charge in [0.25, 0.3) is 0 Å². The minimum absolute atomic E-state index is 0.530. The summed E-state index contributed by atoms with van der Waals surface area (Å²) in [6.07, 6.45) is 2.27. The van der Waals surface area contributed by atoms with Crippen molar-refractivity contribution in [2.75, 3.05) is 19.5 Å². The van der Waals surface area contributed by atoms with Crippen LogP contribution in [0.25, 0.3) is 0 Å². The zero-order valence-electron chi connectivity index (χ0n) is 13.6. The Morgan fingerprint density at radius 1 is 1.13 bits per heavy atom. The Labute approximate surface area is 137 Å². The molecule has 0 aromatic heterocycles. The molecule has 23 heavy (non-hydrogen) atoms. The number of anilines is 1. The summed E-state index contributed by atoms with van der Waals surface area (Å²) in [5.41, 5.74) is 3.68. The molecule has 0 fully saturated rings. The van der Waals surface area contributed by atoms with Crippen LogP contribution in [0.5, 0.6) is 11.5 Å². The quantitative estimate of drug-likeness (QED) is 0.817. The van der Waals surface area contributed by atoms with Gasteiger partial charge in [-0.25, -0.2) is 0 Å². The molecule has 0 radical (unpaired) electrons. The summed E-state index contributed by atoms with van der Waals surface area (Å²) in [4.78, 5) is 0. The van der Waals surface area contributed by atoms with Gasteiger partial charge in [-0.05, 0) is 42.3 Å². The Balaban J connectivity index is 2.20. The van der Waals surface area contributed by atoms with Gasteiger partial charge < -0.3 is 14.8 Å². The van der Waals surface area contributed by atoms with Crippen molar-refractivity contribution in [2.45, 2.75) is 13.3 Å². The second-order valence-electron chi connectivity index (χ2n) is 5.10. The molecule has 4 heteroatoms. The largest absolute Gasteiger partial charge is 0.493 e. The maximum atomic E-state index is 9.37. The molecule has 0 spiro atoms. The summed E-state index contributed by atoms with van der Waals surface area (Å²) >= 11 is 0. The molecule has 0 aliphatic carbocycles. The SMILES string of the molecule is COc1cc(C)c(CC(C#N)=CNc2ccccc2)cc1OC. The molecule has 0 amide bonds. The van der Waals surface area contributed by atoms with Crippen molar-refractivity contribution in [3.05, 3.63) is 65.4 Å². The number of methoxy groups -OCH3 is 2. The van der Waals surface area contributed by atoms with Crippen LogP contribution in [-0.4, -0.2) is 14.2 Å². The number of allylic oxidation sites excluding steroid dienone is 1. The summed E-state index contributed by atoms with van der Waals surface area (Å²) in [7, 11) is 3.22. The Morgan fingerprint density at radius 3 is 2.39 bits per heavy atom. The van der Waals surface area contributed by atoms with Crippen molar-refractivity contribution in [1.82, 2.24) is 0 Å². The van der Waals surface area contributed by atoms with Crippen LogP contribution in [0.3, 0.4) is 0 Å². The van der Waals surface area contributed by atoms with Crippen molar-refractivity contribution in [1.29, 1.82) is 5.26 Å². The van der Waals surface area contributed by atoms with Gasteiger partial charge in [-0.2, -0.15) is 5.26 Å². The van der Waals surface area contributed by atoms with Gasteiger partial charge in [0, 0.05) is 23.9 Å². The fraction of sp³-hybridized carbons (Fsp3) is 0.211. The van der Waals surface area contributed by atoms with E-state index in [4.69, 9.17) is 9.47 Å². The first-order valence-corrected chi connectivity index (χ1v) is 7.30. The molecule has 0 saturated heterocycles. The van der Waals surface area contributed by atoms with E-state index in [1.54, 1.807) is 20.4 Å². The molecule has 2 aromatic carbocycles. The van der Waals surface area contributed by atoms with Gasteiger partial charge in [0.05, 0.1) is 20.3 Å². The Kier molecular flexibility index (Phi) is 5.65. The van der Waals surface area contributed by atoms with Gasteiger partial charge in [-0.1, -0.05) is 18.2 Å². The van der Waals surface area contributed by atoms with Crippen LogP contribution in [0.4, 0.5) is 5.69 Å². The van der Waals surface area contributed by atoms with Crippen molar-refractivity contribution in [3.63, 3.8) is 0 Å². The van der Waals surface area contributed by atoms with E-state index < -0.39 is 0 Å².